The van der Waals surface area contributed by atoms with Gasteiger partial charge in [-0.2, -0.15) is 0 Å². The van der Waals surface area contributed by atoms with Crippen molar-refractivity contribution < 1.29 is 0 Å². The zero-order chi connectivity index (χ0) is 10.3. The van der Waals surface area contributed by atoms with Crippen LogP contribution in [0.1, 0.15) is 13.8 Å². The van der Waals surface area contributed by atoms with E-state index in [-0.39, 0.29) is 3.97 Å². The van der Waals surface area contributed by atoms with E-state index in [0.717, 1.165) is 0 Å². The van der Waals surface area contributed by atoms with Gasteiger partial charge < -0.3 is 0 Å². The molecule has 0 atom stereocenters. The van der Waals surface area contributed by atoms with Crippen LogP contribution in [0.2, 0.25) is 3.97 Å². The summed E-state index contributed by atoms with van der Waals surface area (Å²) in [5, 5.41) is 0. The molecule has 10 heteroatoms. The molecule has 13 heavy (non-hydrogen) atoms. The topological polar surface area (TPSA) is 146 Å². The van der Waals surface area contributed by atoms with Gasteiger partial charge in [0.25, 0.3) is 0 Å². The maximum absolute atomic E-state index is 8.24. The first-order valence-corrected chi connectivity index (χ1v) is 7.61. The summed E-state index contributed by atoms with van der Waals surface area (Å²) >= 11 is -3.81. The molecule has 9 nitrogen and oxygen atoms in total. The summed E-state index contributed by atoms with van der Waals surface area (Å²) in [5.41, 5.74) is 24.7. The molecule has 0 fully saturated rings. The maximum atomic E-state index is 8.24. The van der Waals surface area contributed by atoms with Gasteiger partial charge in [-0.1, -0.05) is 0 Å². The number of hydrogen-bond donors (Lipinski definition) is 0. The van der Waals surface area contributed by atoms with Gasteiger partial charge in [0.05, 0.1) is 0 Å². The van der Waals surface area contributed by atoms with Crippen LogP contribution in [0.5, 0.6) is 0 Å². The Kier molecular flexibility index (Phi) is 4.85. The molecule has 0 aliphatic heterocycles. The molecule has 0 unspecified atom stereocenters. The third kappa shape index (κ3) is 2.92. The molecule has 0 heterocycles. The van der Waals surface area contributed by atoms with E-state index < -0.39 is 19.0 Å². The van der Waals surface area contributed by atoms with Crippen LogP contribution in [-0.2, 0) is 0 Å². The second kappa shape index (κ2) is 5.38. The van der Waals surface area contributed by atoms with Crippen LogP contribution >= 0.6 is 0 Å². The average molecular weight is 297 g/mol. The van der Waals surface area contributed by atoms with Crippen molar-refractivity contribution in [3.8, 4) is 0 Å². The van der Waals surface area contributed by atoms with Crippen LogP contribution in [0, 0.1) is 0 Å². The van der Waals surface area contributed by atoms with E-state index in [1.165, 1.54) is 0 Å². The Morgan fingerprint density at radius 2 is 1.23 bits per heavy atom. The number of azide groups is 1. The van der Waals surface area contributed by atoms with Gasteiger partial charge in [-0.3, -0.25) is 0 Å². The first-order chi connectivity index (χ1) is 6.13. The van der Waals surface area contributed by atoms with Crippen LogP contribution in [0.25, 0.3) is 31.3 Å². The molecule has 0 N–H and O–H groups in total. The summed E-state index contributed by atoms with van der Waals surface area (Å²) in [5.74, 6) is 0. The number of nitrogens with zero attached hydrogens (tertiary/aromatic N) is 9. The fraction of sp³-hybridized carbons (Fsp3) is 1.00. The van der Waals surface area contributed by atoms with E-state index in [9.17, 15) is 0 Å². The molecule has 0 saturated carbocycles. The second-order valence-corrected chi connectivity index (χ2v) is 9.42. The molecule has 0 aliphatic carbocycles. The standard InChI is InChI=1S/C3H7N9Te/c1-3(2)13(10-7-4,11-8-5)12-9-6/h3H,1-2H3. The Bertz CT molecular complexity index is 268. The van der Waals surface area contributed by atoms with Crippen molar-refractivity contribution >= 4 is 19.0 Å². The Morgan fingerprint density at radius 3 is 1.38 bits per heavy atom. The molecule has 0 spiro atoms. The predicted molar refractivity (Wildman–Crippen MR) is 48.3 cm³/mol. The summed E-state index contributed by atoms with van der Waals surface area (Å²) in [7, 11) is 0. The van der Waals surface area contributed by atoms with Gasteiger partial charge in [0.2, 0.25) is 0 Å². The van der Waals surface area contributed by atoms with E-state index in [4.69, 9.17) is 16.6 Å². The third-order valence-electron chi connectivity index (χ3n) is 1.10. The van der Waals surface area contributed by atoms with E-state index in [2.05, 4.69) is 24.8 Å². The van der Waals surface area contributed by atoms with Crippen molar-refractivity contribution in [3.05, 3.63) is 31.3 Å². The van der Waals surface area contributed by atoms with E-state index >= 15 is 0 Å². The summed E-state index contributed by atoms with van der Waals surface area (Å²) in [6.07, 6.45) is 0. The summed E-state index contributed by atoms with van der Waals surface area (Å²) in [6.45, 7) is 3.39. The van der Waals surface area contributed by atoms with Gasteiger partial charge in [0.15, 0.2) is 0 Å². The van der Waals surface area contributed by atoms with Gasteiger partial charge in [-0.25, -0.2) is 0 Å². The zero-order valence-electron chi connectivity index (χ0n) is 7.01. The van der Waals surface area contributed by atoms with Gasteiger partial charge >= 0.3 is 78.2 Å². The van der Waals surface area contributed by atoms with Crippen molar-refractivity contribution in [2.24, 2.45) is 10.1 Å². The van der Waals surface area contributed by atoms with Gasteiger partial charge in [0, 0.05) is 0 Å². The summed E-state index contributed by atoms with van der Waals surface area (Å²) in [6, 6.07) is 0. The molecule has 0 aliphatic rings. The molecule has 0 aromatic heterocycles. The van der Waals surface area contributed by atoms with E-state index in [1.54, 1.807) is 13.8 Å². The molecular formula is C3H7N9Te. The van der Waals surface area contributed by atoms with Crippen LogP contribution in [-0.4, -0.2) is 19.0 Å². The normalized spacial score (nSPS) is 15.6. The Hall–Kier alpha value is -1.28. The Balaban J connectivity index is 5.40. The summed E-state index contributed by atoms with van der Waals surface area (Å²) < 4.78 is 9.88. The minimum atomic E-state index is -3.81. The van der Waals surface area contributed by atoms with Crippen LogP contribution in [0.15, 0.2) is 10.1 Å². The van der Waals surface area contributed by atoms with E-state index in [1.807, 2.05) is 0 Å². The number of hydrogen-bond acceptors (Lipinski definition) is 3. The summed E-state index contributed by atoms with van der Waals surface area (Å²) in [4.78, 5) is 7.64. The Labute approximate surface area is 78.5 Å². The van der Waals surface area contributed by atoms with Crippen LogP contribution in [0.3, 0.4) is 0 Å². The third-order valence-corrected chi connectivity index (χ3v) is 7.40. The molecule has 0 bridgehead atoms. The SMILES string of the molecule is CC(C)[Te](N=[N+]=[N-])(N=[N+]=[N-])N=[N+]=[N-]. The molecule has 0 saturated heterocycles. The predicted octanol–water partition coefficient (Wildman–Crippen LogP) is 3.27. The quantitative estimate of drug-likeness (QED) is 0.324. The molecule has 0 rings (SSSR count). The van der Waals surface area contributed by atoms with Crippen LogP contribution in [0.4, 0.5) is 0 Å². The van der Waals surface area contributed by atoms with Crippen LogP contribution < -0.4 is 0 Å². The average Bonchev–Trinajstić information content (AvgIpc) is 2.05. The molecule has 70 valence electrons. The molecule has 0 aromatic carbocycles. The minimum absolute atomic E-state index is 0.217. The van der Waals surface area contributed by atoms with Gasteiger partial charge in [-0.15, -0.1) is 0 Å². The van der Waals surface area contributed by atoms with Crippen molar-refractivity contribution in [1.29, 1.82) is 0 Å². The molecular weight excluding hydrogens is 290 g/mol. The first kappa shape index (κ1) is 11.7. The molecule has 0 amide bonds. The van der Waals surface area contributed by atoms with Crippen molar-refractivity contribution in [1.82, 2.24) is 0 Å². The van der Waals surface area contributed by atoms with Gasteiger partial charge in [-0.05, 0) is 0 Å². The van der Waals surface area contributed by atoms with Crippen molar-refractivity contribution in [2.75, 3.05) is 0 Å². The monoisotopic (exact) mass is 299 g/mol. The second-order valence-electron chi connectivity index (χ2n) is 2.12. The fourth-order valence-corrected chi connectivity index (χ4v) is 3.31. The number of rotatable bonds is 4. The Morgan fingerprint density at radius 1 is 0.923 bits per heavy atom. The first-order valence-electron chi connectivity index (χ1n) is 3.14. The fourth-order valence-electron chi connectivity index (χ4n) is 0.493. The van der Waals surface area contributed by atoms with Crippen molar-refractivity contribution in [2.45, 2.75) is 17.8 Å². The molecule has 0 aromatic rings. The van der Waals surface area contributed by atoms with E-state index in [0.29, 0.717) is 0 Å². The zero-order valence-corrected chi connectivity index (χ0v) is 9.34. The van der Waals surface area contributed by atoms with Crippen molar-refractivity contribution in [3.63, 3.8) is 0 Å². The van der Waals surface area contributed by atoms with Gasteiger partial charge in [0.1, 0.15) is 0 Å². The molecule has 0 radical (unpaired) electrons.